The Bertz CT molecular complexity index is 1100. The number of carbonyl (C=O) groups excluding carboxylic acids is 1. The minimum atomic E-state index is -0.813. The fourth-order valence-electron chi connectivity index (χ4n) is 3.37. The lowest BCUT2D eigenvalue weighted by atomic mass is 10.0. The predicted octanol–water partition coefficient (Wildman–Crippen LogP) is 2.69. The number of hydrogen-bond donors (Lipinski definition) is 1. The van der Waals surface area contributed by atoms with Crippen LogP contribution in [0.4, 0.5) is 20.3 Å². The van der Waals surface area contributed by atoms with Gasteiger partial charge in [0.2, 0.25) is 0 Å². The Kier molecular flexibility index (Phi) is 5.72. The van der Waals surface area contributed by atoms with Crippen LogP contribution in [-0.2, 0) is 9.47 Å². The summed E-state index contributed by atoms with van der Waals surface area (Å²) < 4.78 is 38.8. The van der Waals surface area contributed by atoms with Crippen LogP contribution in [-0.4, -0.2) is 54.3 Å². The summed E-state index contributed by atoms with van der Waals surface area (Å²) in [6.45, 7) is 2.61. The van der Waals surface area contributed by atoms with Crippen LogP contribution in [0.15, 0.2) is 36.7 Å². The van der Waals surface area contributed by atoms with Gasteiger partial charge in [-0.15, -0.1) is 0 Å². The first kappa shape index (κ1) is 20.6. The molecule has 0 amide bonds. The molecule has 1 aliphatic rings. The monoisotopic (exact) mass is 427 g/mol. The largest absolute Gasteiger partial charge is 0.465 e. The van der Waals surface area contributed by atoms with Crippen molar-refractivity contribution in [1.29, 1.82) is 0 Å². The zero-order chi connectivity index (χ0) is 22.0. The van der Waals surface area contributed by atoms with Gasteiger partial charge in [-0.2, -0.15) is 0 Å². The standard InChI is InChI=1S/C21H19F2N5O3/c1-30-21(29)17-13(20-25-10-12(11-26-20)28-5-7-31-8-6-28)9-16(27-19(17)24)18-14(22)3-2-4-15(18)23/h2-4,9-11H,5-8H2,1H3,(H2,24,27). The van der Waals surface area contributed by atoms with Crippen LogP contribution in [0.1, 0.15) is 10.4 Å². The van der Waals surface area contributed by atoms with E-state index in [4.69, 9.17) is 15.2 Å². The van der Waals surface area contributed by atoms with Crippen LogP contribution in [0, 0.1) is 11.6 Å². The minimum absolute atomic E-state index is 0.0814. The van der Waals surface area contributed by atoms with Gasteiger partial charge in [0.1, 0.15) is 23.0 Å². The van der Waals surface area contributed by atoms with Gasteiger partial charge in [-0.3, -0.25) is 0 Å². The molecule has 0 saturated carbocycles. The number of halogens is 2. The smallest absolute Gasteiger partial charge is 0.342 e. The molecule has 0 atom stereocenters. The second-order valence-electron chi connectivity index (χ2n) is 6.77. The lowest BCUT2D eigenvalue weighted by Gasteiger charge is -2.28. The number of pyridine rings is 1. The first-order chi connectivity index (χ1) is 15.0. The molecule has 31 heavy (non-hydrogen) atoms. The number of aromatic nitrogens is 3. The van der Waals surface area contributed by atoms with E-state index in [9.17, 15) is 13.6 Å². The van der Waals surface area contributed by atoms with Crippen molar-refractivity contribution in [2.24, 2.45) is 0 Å². The van der Waals surface area contributed by atoms with E-state index in [0.717, 1.165) is 17.8 Å². The molecular weight excluding hydrogens is 408 g/mol. The van der Waals surface area contributed by atoms with Crippen LogP contribution in [0.5, 0.6) is 0 Å². The Hall–Kier alpha value is -3.66. The first-order valence-electron chi connectivity index (χ1n) is 9.48. The summed E-state index contributed by atoms with van der Waals surface area (Å²) in [5, 5.41) is 0. The van der Waals surface area contributed by atoms with Crippen LogP contribution in [0.3, 0.4) is 0 Å². The lowest BCUT2D eigenvalue weighted by molar-refractivity contribution is 0.0602. The van der Waals surface area contributed by atoms with Crippen molar-refractivity contribution in [1.82, 2.24) is 15.0 Å². The minimum Gasteiger partial charge on any atom is -0.465 e. The molecule has 4 rings (SSSR count). The van der Waals surface area contributed by atoms with E-state index in [1.807, 2.05) is 0 Å². The number of nitrogens with zero attached hydrogens (tertiary/aromatic N) is 4. The van der Waals surface area contributed by atoms with Crippen LogP contribution in [0.25, 0.3) is 22.6 Å². The first-order valence-corrected chi connectivity index (χ1v) is 9.48. The number of nitrogen functional groups attached to an aromatic ring is 1. The quantitative estimate of drug-likeness (QED) is 0.634. The highest BCUT2D eigenvalue weighted by Gasteiger charge is 2.24. The molecule has 1 fully saturated rings. The highest BCUT2D eigenvalue weighted by molar-refractivity contribution is 6.01. The van der Waals surface area contributed by atoms with Gasteiger partial charge in [-0.1, -0.05) is 6.07 Å². The molecule has 0 radical (unpaired) electrons. The molecule has 2 aromatic heterocycles. The maximum absolute atomic E-state index is 14.3. The second-order valence-corrected chi connectivity index (χ2v) is 6.77. The number of esters is 1. The van der Waals surface area contributed by atoms with E-state index in [0.29, 0.717) is 26.3 Å². The predicted molar refractivity (Wildman–Crippen MR) is 109 cm³/mol. The van der Waals surface area contributed by atoms with Gasteiger partial charge < -0.3 is 20.1 Å². The van der Waals surface area contributed by atoms with Crippen LogP contribution < -0.4 is 10.6 Å². The molecule has 1 saturated heterocycles. The molecule has 3 heterocycles. The number of methoxy groups -OCH3 is 1. The third kappa shape index (κ3) is 4.02. The van der Waals surface area contributed by atoms with E-state index < -0.39 is 17.6 Å². The van der Waals surface area contributed by atoms with Crippen molar-refractivity contribution in [3.63, 3.8) is 0 Å². The molecule has 0 unspecified atom stereocenters. The number of anilines is 2. The normalized spacial score (nSPS) is 13.8. The van der Waals surface area contributed by atoms with Crippen molar-refractivity contribution in [2.75, 3.05) is 44.0 Å². The number of ether oxygens (including phenoxy) is 2. The average molecular weight is 427 g/mol. The Morgan fingerprint density at radius 2 is 1.81 bits per heavy atom. The van der Waals surface area contributed by atoms with Gasteiger partial charge in [0.05, 0.1) is 49.7 Å². The van der Waals surface area contributed by atoms with E-state index in [1.165, 1.54) is 19.2 Å². The number of nitrogens with two attached hydrogens (primary N) is 1. The molecule has 3 aromatic rings. The summed E-state index contributed by atoms with van der Waals surface area (Å²) in [5.41, 5.74) is 6.40. The van der Waals surface area contributed by atoms with Gasteiger partial charge in [0.25, 0.3) is 0 Å². The number of morpholine rings is 1. The van der Waals surface area contributed by atoms with Gasteiger partial charge in [0, 0.05) is 18.7 Å². The Labute approximate surface area is 176 Å². The lowest BCUT2D eigenvalue weighted by Crippen LogP contribution is -2.36. The second kappa shape index (κ2) is 8.60. The summed E-state index contributed by atoms with van der Waals surface area (Å²) in [5.74, 6) is -2.49. The van der Waals surface area contributed by atoms with E-state index in [-0.39, 0.29) is 34.0 Å². The SMILES string of the molecule is COC(=O)c1c(-c2ncc(N3CCOCC3)cn2)cc(-c2c(F)cccc2F)nc1N. The highest BCUT2D eigenvalue weighted by atomic mass is 19.1. The van der Waals surface area contributed by atoms with Gasteiger partial charge >= 0.3 is 5.97 Å². The number of carbonyl (C=O) groups is 1. The van der Waals surface area contributed by atoms with Crippen molar-refractivity contribution in [3.8, 4) is 22.6 Å². The molecule has 10 heteroatoms. The Balaban J connectivity index is 1.83. The summed E-state index contributed by atoms with van der Waals surface area (Å²) in [7, 11) is 1.19. The summed E-state index contributed by atoms with van der Waals surface area (Å²) in [4.78, 5) is 27.2. The highest BCUT2D eigenvalue weighted by Crippen LogP contribution is 2.33. The zero-order valence-electron chi connectivity index (χ0n) is 16.6. The van der Waals surface area contributed by atoms with Crippen molar-refractivity contribution in [2.45, 2.75) is 0 Å². The molecule has 1 aromatic carbocycles. The molecule has 2 N–H and O–H groups in total. The molecule has 0 aliphatic carbocycles. The number of benzene rings is 1. The molecule has 0 bridgehead atoms. The third-order valence-electron chi connectivity index (χ3n) is 4.91. The van der Waals surface area contributed by atoms with E-state index in [1.54, 1.807) is 12.4 Å². The fourth-order valence-corrected chi connectivity index (χ4v) is 3.37. The molecule has 1 aliphatic heterocycles. The van der Waals surface area contributed by atoms with Crippen molar-refractivity contribution < 1.29 is 23.0 Å². The zero-order valence-corrected chi connectivity index (χ0v) is 16.6. The Morgan fingerprint density at radius 1 is 1.16 bits per heavy atom. The Morgan fingerprint density at radius 3 is 2.42 bits per heavy atom. The van der Waals surface area contributed by atoms with E-state index >= 15 is 0 Å². The van der Waals surface area contributed by atoms with Crippen LogP contribution >= 0.6 is 0 Å². The average Bonchev–Trinajstić information content (AvgIpc) is 2.79. The number of rotatable bonds is 4. The maximum atomic E-state index is 14.3. The van der Waals surface area contributed by atoms with Crippen molar-refractivity contribution in [3.05, 3.63) is 53.9 Å². The van der Waals surface area contributed by atoms with Gasteiger partial charge in [0.15, 0.2) is 5.82 Å². The molecule has 160 valence electrons. The molecule has 0 spiro atoms. The third-order valence-corrected chi connectivity index (χ3v) is 4.91. The van der Waals surface area contributed by atoms with Gasteiger partial charge in [-0.05, 0) is 18.2 Å². The van der Waals surface area contributed by atoms with Crippen LogP contribution in [0.2, 0.25) is 0 Å². The fraction of sp³-hybridized carbons (Fsp3) is 0.238. The summed E-state index contributed by atoms with van der Waals surface area (Å²) in [6.07, 6.45) is 3.21. The molecular formula is C21H19F2N5O3. The van der Waals surface area contributed by atoms with Gasteiger partial charge in [-0.25, -0.2) is 28.5 Å². The van der Waals surface area contributed by atoms with Crippen molar-refractivity contribution >= 4 is 17.5 Å². The summed E-state index contributed by atoms with van der Waals surface area (Å²) >= 11 is 0. The molecule has 8 nitrogen and oxygen atoms in total. The maximum Gasteiger partial charge on any atom is 0.342 e. The summed E-state index contributed by atoms with van der Waals surface area (Å²) in [6, 6.07) is 4.79. The van der Waals surface area contributed by atoms with E-state index in [2.05, 4.69) is 19.9 Å². The number of hydrogen-bond acceptors (Lipinski definition) is 8. The topological polar surface area (TPSA) is 103 Å².